The van der Waals surface area contributed by atoms with Crippen molar-refractivity contribution in [2.45, 2.75) is 6.92 Å². The number of benzene rings is 2. The fourth-order valence-corrected chi connectivity index (χ4v) is 2.83. The standard InChI is InChI=1S/C19H13ClN2O/c1-12-9-17(18(11-21)19(23)22-12)16-8-3-2-7-15(16)13-5-4-6-14(20)10-13/h2-10H,1H3,(H,22,23). The predicted octanol–water partition coefficient (Wildman–Crippen LogP) is 4.54. The summed E-state index contributed by atoms with van der Waals surface area (Å²) in [4.78, 5) is 14.7. The van der Waals surface area contributed by atoms with Gasteiger partial charge in [0.05, 0.1) is 0 Å². The van der Waals surface area contributed by atoms with E-state index in [4.69, 9.17) is 11.6 Å². The third-order valence-electron chi connectivity index (χ3n) is 3.63. The normalized spacial score (nSPS) is 10.3. The first-order valence-corrected chi connectivity index (χ1v) is 7.47. The van der Waals surface area contributed by atoms with Gasteiger partial charge in [-0.2, -0.15) is 5.26 Å². The first-order chi connectivity index (χ1) is 11.1. The van der Waals surface area contributed by atoms with Gasteiger partial charge in [-0.05, 0) is 41.8 Å². The summed E-state index contributed by atoms with van der Waals surface area (Å²) in [6.45, 7) is 1.80. The van der Waals surface area contributed by atoms with Gasteiger partial charge < -0.3 is 4.98 Å². The van der Waals surface area contributed by atoms with Crippen LogP contribution in [-0.4, -0.2) is 4.98 Å². The van der Waals surface area contributed by atoms with Crippen molar-refractivity contribution in [2.24, 2.45) is 0 Å². The van der Waals surface area contributed by atoms with Crippen LogP contribution in [0.5, 0.6) is 0 Å². The molecular formula is C19H13ClN2O. The number of hydrogen-bond donors (Lipinski definition) is 1. The number of nitrogens with zero attached hydrogens (tertiary/aromatic N) is 1. The Morgan fingerprint density at radius 2 is 1.74 bits per heavy atom. The van der Waals surface area contributed by atoms with Gasteiger partial charge in [-0.25, -0.2) is 0 Å². The molecule has 0 saturated heterocycles. The summed E-state index contributed by atoms with van der Waals surface area (Å²) < 4.78 is 0. The summed E-state index contributed by atoms with van der Waals surface area (Å²) in [5.74, 6) is 0. The minimum atomic E-state index is -0.372. The first kappa shape index (κ1) is 15.1. The Morgan fingerprint density at radius 1 is 1.00 bits per heavy atom. The van der Waals surface area contributed by atoms with Gasteiger partial charge in [-0.15, -0.1) is 0 Å². The van der Waals surface area contributed by atoms with Gasteiger partial charge >= 0.3 is 0 Å². The molecule has 3 nitrogen and oxygen atoms in total. The molecule has 0 aliphatic carbocycles. The van der Waals surface area contributed by atoms with Crippen LogP contribution in [0.1, 0.15) is 11.3 Å². The smallest absolute Gasteiger partial charge is 0.266 e. The maximum atomic E-state index is 12.1. The highest BCUT2D eigenvalue weighted by Crippen LogP contribution is 2.34. The minimum absolute atomic E-state index is 0.116. The van der Waals surface area contributed by atoms with Crippen LogP contribution in [0.15, 0.2) is 59.4 Å². The fourth-order valence-electron chi connectivity index (χ4n) is 2.64. The minimum Gasteiger partial charge on any atom is -0.325 e. The zero-order valence-electron chi connectivity index (χ0n) is 12.4. The van der Waals surface area contributed by atoms with Crippen LogP contribution in [0, 0.1) is 18.3 Å². The Kier molecular flexibility index (Phi) is 4.01. The Bertz CT molecular complexity index is 983. The Morgan fingerprint density at radius 3 is 2.43 bits per heavy atom. The monoisotopic (exact) mass is 320 g/mol. The maximum Gasteiger partial charge on any atom is 0.266 e. The number of aromatic nitrogens is 1. The molecule has 0 atom stereocenters. The van der Waals surface area contributed by atoms with E-state index in [-0.39, 0.29) is 11.1 Å². The quantitative estimate of drug-likeness (QED) is 0.753. The third kappa shape index (κ3) is 2.90. The van der Waals surface area contributed by atoms with Crippen molar-refractivity contribution < 1.29 is 0 Å². The van der Waals surface area contributed by atoms with Crippen molar-refractivity contribution in [3.63, 3.8) is 0 Å². The molecule has 23 heavy (non-hydrogen) atoms. The summed E-state index contributed by atoms with van der Waals surface area (Å²) in [6.07, 6.45) is 0. The lowest BCUT2D eigenvalue weighted by atomic mass is 9.92. The molecule has 3 aromatic rings. The molecule has 0 fully saturated rings. The van der Waals surface area contributed by atoms with Crippen molar-refractivity contribution in [1.82, 2.24) is 4.98 Å². The van der Waals surface area contributed by atoms with Crippen LogP contribution in [0.25, 0.3) is 22.3 Å². The second kappa shape index (κ2) is 6.12. The number of aryl methyl sites for hydroxylation is 1. The number of aromatic amines is 1. The second-order valence-corrected chi connectivity index (χ2v) is 5.67. The first-order valence-electron chi connectivity index (χ1n) is 7.09. The molecule has 0 unspecified atom stereocenters. The Labute approximate surface area is 138 Å². The number of hydrogen-bond acceptors (Lipinski definition) is 2. The van der Waals surface area contributed by atoms with Crippen LogP contribution >= 0.6 is 11.6 Å². The van der Waals surface area contributed by atoms with E-state index in [1.807, 2.05) is 60.7 Å². The predicted molar refractivity (Wildman–Crippen MR) is 92.4 cm³/mol. The van der Waals surface area contributed by atoms with E-state index in [1.165, 1.54) is 0 Å². The van der Waals surface area contributed by atoms with Gasteiger partial charge in [0.2, 0.25) is 0 Å². The molecule has 0 saturated carbocycles. The molecule has 0 bridgehead atoms. The van der Waals surface area contributed by atoms with E-state index in [9.17, 15) is 10.1 Å². The number of nitrogens with one attached hydrogen (secondary N) is 1. The lowest BCUT2D eigenvalue weighted by Gasteiger charge is -2.12. The Balaban J connectivity index is 2.32. The van der Waals surface area contributed by atoms with Crippen LogP contribution in [0.3, 0.4) is 0 Å². The number of pyridine rings is 1. The largest absolute Gasteiger partial charge is 0.325 e. The SMILES string of the molecule is Cc1cc(-c2ccccc2-c2cccc(Cl)c2)c(C#N)c(=O)[nH]1. The van der Waals surface area contributed by atoms with Crippen LogP contribution < -0.4 is 5.56 Å². The molecule has 0 aliphatic heterocycles. The van der Waals surface area contributed by atoms with Crippen molar-refractivity contribution in [2.75, 3.05) is 0 Å². The zero-order chi connectivity index (χ0) is 16.4. The van der Waals surface area contributed by atoms with E-state index < -0.39 is 0 Å². The van der Waals surface area contributed by atoms with Crippen molar-refractivity contribution in [3.05, 3.63) is 81.2 Å². The summed E-state index contributed by atoms with van der Waals surface area (Å²) in [6, 6.07) is 19.0. The molecule has 1 aromatic heterocycles. The van der Waals surface area contributed by atoms with Crippen LogP contribution in [0.2, 0.25) is 5.02 Å². The summed E-state index contributed by atoms with van der Waals surface area (Å²) >= 11 is 6.09. The summed E-state index contributed by atoms with van der Waals surface area (Å²) in [5, 5.41) is 10.0. The van der Waals surface area contributed by atoms with E-state index in [1.54, 1.807) is 6.92 Å². The second-order valence-electron chi connectivity index (χ2n) is 5.24. The maximum absolute atomic E-state index is 12.1. The molecule has 2 aromatic carbocycles. The molecule has 112 valence electrons. The van der Waals surface area contributed by atoms with Crippen molar-refractivity contribution in [3.8, 4) is 28.3 Å². The average molecular weight is 321 g/mol. The zero-order valence-corrected chi connectivity index (χ0v) is 13.2. The molecule has 0 spiro atoms. The number of nitriles is 1. The molecule has 4 heteroatoms. The molecule has 1 heterocycles. The number of rotatable bonds is 2. The molecule has 3 rings (SSSR count). The lowest BCUT2D eigenvalue weighted by molar-refractivity contribution is 1.13. The fraction of sp³-hybridized carbons (Fsp3) is 0.0526. The topological polar surface area (TPSA) is 56.6 Å². The van der Waals surface area contributed by atoms with Gasteiger partial charge in [0.15, 0.2) is 0 Å². The molecule has 0 amide bonds. The third-order valence-corrected chi connectivity index (χ3v) is 3.87. The van der Waals surface area contributed by atoms with E-state index in [0.29, 0.717) is 16.3 Å². The van der Waals surface area contributed by atoms with Crippen LogP contribution in [0.4, 0.5) is 0 Å². The highest BCUT2D eigenvalue weighted by molar-refractivity contribution is 6.30. The van der Waals surface area contributed by atoms with Gasteiger partial charge in [0.25, 0.3) is 5.56 Å². The highest BCUT2D eigenvalue weighted by Gasteiger charge is 2.14. The van der Waals surface area contributed by atoms with Gasteiger partial charge in [-0.1, -0.05) is 48.0 Å². The number of H-pyrrole nitrogens is 1. The van der Waals surface area contributed by atoms with Gasteiger partial charge in [-0.3, -0.25) is 4.79 Å². The summed E-state index contributed by atoms with van der Waals surface area (Å²) in [7, 11) is 0. The molecule has 0 aliphatic rings. The van der Waals surface area contributed by atoms with Crippen LogP contribution in [-0.2, 0) is 0 Å². The number of halogens is 1. The molecular weight excluding hydrogens is 308 g/mol. The highest BCUT2D eigenvalue weighted by atomic mass is 35.5. The molecule has 0 radical (unpaired) electrons. The van der Waals surface area contributed by atoms with Crippen molar-refractivity contribution in [1.29, 1.82) is 5.26 Å². The lowest BCUT2D eigenvalue weighted by Crippen LogP contribution is -2.12. The van der Waals surface area contributed by atoms with E-state index in [0.717, 1.165) is 16.7 Å². The van der Waals surface area contributed by atoms with Gasteiger partial charge in [0, 0.05) is 16.3 Å². The molecule has 1 N–H and O–H groups in total. The van der Waals surface area contributed by atoms with E-state index in [2.05, 4.69) is 4.98 Å². The van der Waals surface area contributed by atoms with Crippen molar-refractivity contribution >= 4 is 11.6 Å². The summed E-state index contributed by atoms with van der Waals surface area (Å²) in [5.41, 5.74) is 3.79. The van der Waals surface area contributed by atoms with Gasteiger partial charge in [0.1, 0.15) is 11.6 Å². The van der Waals surface area contributed by atoms with E-state index >= 15 is 0 Å². The Hall–Kier alpha value is -2.83. The average Bonchev–Trinajstić information content (AvgIpc) is 2.54.